The Morgan fingerprint density at radius 3 is 1.90 bits per heavy atom. The molecule has 0 aliphatic rings. The average molecular weight is 544 g/mol. The van der Waals surface area contributed by atoms with Gasteiger partial charge in [0.2, 0.25) is 5.95 Å². The predicted molar refractivity (Wildman–Crippen MR) is 157 cm³/mol. The summed E-state index contributed by atoms with van der Waals surface area (Å²) in [5, 5.41) is 7.52. The molecule has 204 valence electrons. The third-order valence-corrected chi connectivity index (χ3v) is 6.67. The summed E-state index contributed by atoms with van der Waals surface area (Å²) in [5.74, 6) is 0.762. The fourth-order valence-corrected chi connectivity index (χ4v) is 5.11. The molecule has 0 unspecified atom stereocenters. The third kappa shape index (κ3) is 4.82. The van der Waals surface area contributed by atoms with Crippen LogP contribution in [-0.2, 0) is 10.3 Å². The van der Waals surface area contributed by atoms with Crippen LogP contribution in [0.15, 0.2) is 110 Å². The van der Waals surface area contributed by atoms with Gasteiger partial charge in [-0.25, -0.2) is 19.4 Å². The van der Waals surface area contributed by atoms with Crippen molar-refractivity contribution in [2.75, 3.05) is 5.32 Å². The molecular formula is C32H29N7O2. The molecule has 0 radical (unpaired) electrons. The molecule has 0 saturated heterocycles. The van der Waals surface area contributed by atoms with Crippen molar-refractivity contribution in [1.29, 1.82) is 0 Å². The molecule has 0 spiro atoms. The van der Waals surface area contributed by atoms with E-state index < -0.39 is 17.2 Å². The number of carbonyl (C=O) groups is 1. The first-order chi connectivity index (χ1) is 19.9. The summed E-state index contributed by atoms with van der Waals surface area (Å²) in [6.07, 6.45) is 2.61. The predicted octanol–water partition coefficient (Wildman–Crippen LogP) is 6.40. The van der Waals surface area contributed by atoms with Gasteiger partial charge >= 0.3 is 6.09 Å². The van der Waals surface area contributed by atoms with Gasteiger partial charge in [-0.15, -0.1) is 0 Å². The van der Waals surface area contributed by atoms with Crippen LogP contribution in [0.5, 0.6) is 0 Å². The maximum absolute atomic E-state index is 12.4. The molecule has 0 saturated carbocycles. The Bertz CT molecular complexity index is 1690. The topological polar surface area (TPSA) is 111 Å². The molecule has 1 amide bonds. The summed E-state index contributed by atoms with van der Waals surface area (Å²) in [6.45, 7) is 5.41. The quantitative estimate of drug-likeness (QED) is 0.235. The van der Waals surface area contributed by atoms with Crippen LogP contribution in [0.4, 0.5) is 10.7 Å². The van der Waals surface area contributed by atoms with Crippen LogP contribution in [0.1, 0.15) is 37.5 Å². The molecule has 2 N–H and O–H groups in total. The highest BCUT2D eigenvalue weighted by Gasteiger charge is 2.41. The number of imidazole rings is 1. The van der Waals surface area contributed by atoms with Gasteiger partial charge in [0.1, 0.15) is 28.7 Å². The van der Waals surface area contributed by atoms with E-state index in [1.54, 1.807) is 33.0 Å². The van der Waals surface area contributed by atoms with Gasteiger partial charge in [0.25, 0.3) is 0 Å². The van der Waals surface area contributed by atoms with Gasteiger partial charge in [-0.2, -0.15) is 5.10 Å². The lowest BCUT2D eigenvalue weighted by Crippen LogP contribution is -2.39. The Hall–Kier alpha value is -5.31. The van der Waals surface area contributed by atoms with Crippen LogP contribution in [0.25, 0.3) is 22.6 Å². The number of hydrogen-bond donors (Lipinski definition) is 2. The van der Waals surface area contributed by atoms with Crippen LogP contribution in [0, 0.1) is 0 Å². The van der Waals surface area contributed by atoms with Crippen molar-refractivity contribution in [3.8, 4) is 11.5 Å². The highest BCUT2D eigenvalue weighted by Crippen LogP contribution is 2.42. The van der Waals surface area contributed by atoms with Crippen molar-refractivity contribution < 1.29 is 9.53 Å². The van der Waals surface area contributed by atoms with E-state index >= 15 is 0 Å². The lowest BCUT2D eigenvalue weighted by molar-refractivity contribution is 0.0635. The van der Waals surface area contributed by atoms with Gasteiger partial charge in [0.15, 0.2) is 5.82 Å². The zero-order valence-corrected chi connectivity index (χ0v) is 22.9. The Balaban J connectivity index is 1.57. The van der Waals surface area contributed by atoms with Crippen LogP contribution < -0.4 is 5.32 Å². The van der Waals surface area contributed by atoms with Gasteiger partial charge in [-0.05, 0) is 43.5 Å². The number of ether oxygens (including phenoxy) is 1. The smallest absolute Gasteiger partial charge is 0.414 e. The molecule has 41 heavy (non-hydrogen) atoms. The minimum atomic E-state index is -0.882. The average Bonchev–Trinajstić information content (AvgIpc) is 3.61. The summed E-state index contributed by atoms with van der Waals surface area (Å²) in [5.41, 5.74) is 3.22. The van der Waals surface area contributed by atoms with E-state index in [0.29, 0.717) is 22.6 Å². The van der Waals surface area contributed by atoms with Crippen molar-refractivity contribution in [3.05, 3.63) is 126 Å². The van der Waals surface area contributed by atoms with E-state index in [-0.39, 0.29) is 5.95 Å². The number of aromatic amines is 1. The largest absolute Gasteiger partial charge is 0.444 e. The van der Waals surface area contributed by atoms with E-state index in [0.717, 1.165) is 16.7 Å². The number of nitrogens with zero attached hydrogens (tertiary/aromatic N) is 5. The zero-order valence-electron chi connectivity index (χ0n) is 22.9. The number of pyridine rings is 1. The number of fused-ring (bicyclic) bond motifs is 1. The molecule has 3 heterocycles. The first-order valence-electron chi connectivity index (χ1n) is 13.3. The fourth-order valence-electron chi connectivity index (χ4n) is 5.11. The highest BCUT2D eigenvalue weighted by molar-refractivity contribution is 5.91. The SMILES string of the molecule is CC(C)(C)OC(=O)Nc1nc2c(-c3ncnn3C(c3ccccc3)(c3ccccc3)c3ccccc3)nccc2[nH]1. The van der Waals surface area contributed by atoms with Crippen molar-refractivity contribution in [1.82, 2.24) is 29.7 Å². The number of nitrogens with one attached hydrogen (secondary N) is 2. The second kappa shape index (κ2) is 10.3. The number of aromatic nitrogens is 6. The van der Waals surface area contributed by atoms with Crippen molar-refractivity contribution in [3.63, 3.8) is 0 Å². The number of anilines is 1. The zero-order chi connectivity index (χ0) is 28.5. The van der Waals surface area contributed by atoms with Gasteiger partial charge < -0.3 is 9.72 Å². The molecule has 0 aliphatic heterocycles. The maximum Gasteiger partial charge on any atom is 0.414 e. The van der Waals surface area contributed by atoms with Crippen molar-refractivity contribution in [2.24, 2.45) is 0 Å². The molecule has 0 fully saturated rings. The minimum Gasteiger partial charge on any atom is -0.444 e. The van der Waals surface area contributed by atoms with Crippen LogP contribution in [-0.4, -0.2) is 41.4 Å². The molecule has 9 nitrogen and oxygen atoms in total. The fraction of sp³-hybridized carbons (Fsp3) is 0.156. The van der Waals surface area contributed by atoms with Gasteiger partial charge in [0, 0.05) is 6.20 Å². The van der Waals surface area contributed by atoms with E-state index in [9.17, 15) is 4.79 Å². The molecule has 0 aliphatic carbocycles. The molecule has 3 aromatic carbocycles. The lowest BCUT2D eigenvalue weighted by atomic mass is 9.77. The number of amides is 1. The van der Waals surface area contributed by atoms with Crippen LogP contribution in [0.2, 0.25) is 0 Å². The summed E-state index contributed by atoms with van der Waals surface area (Å²) in [4.78, 5) is 29.7. The molecule has 3 aromatic heterocycles. The van der Waals surface area contributed by atoms with Crippen molar-refractivity contribution in [2.45, 2.75) is 31.9 Å². The number of rotatable bonds is 6. The molecule has 0 bridgehead atoms. The lowest BCUT2D eigenvalue weighted by Gasteiger charge is -2.36. The van der Waals surface area contributed by atoms with E-state index in [2.05, 4.69) is 51.7 Å². The summed E-state index contributed by atoms with van der Waals surface area (Å²) >= 11 is 0. The Morgan fingerprint density at radius 1 is 0.805 bits per heavy atom. The summed E-state index contributed by atoms with van der Waals surface area (Å²) in [6, 6.07) is 32.5. The van der Waals surface area contributed by atoms with Crippen LogP contribution >= 0.6 is 0 Å². The van der Waals surface area contributed by atoms with E-state index in [1.165, 1.54) is 6.33 Å². The van der Waals surface area contributed by atoms with Crippen LogP contribution in [0.3, 0.4) is 0 Å². The number of carbonyl (C=O) groups excluding carboxylic acids is 1. The molecule has 9 heteroatoms. The molecule has 6 aromatic rings. The van der Waals surface area contributed by atoms with Gasteiger partial charge in [-0.1, -0.05) is 91.0 Å². The first kappa shape index (κ1) is 25.9. The van der Waals surface area contributed by atoms with Crippen molar-refractivity contribution >= 4 is 23.1 Å². The number of hydrogen-bond acceptors (Lipinski definition) is 6. The third-order valence-electron chi connectivity index (χ3n) is 6.67. The van der Waals surface area contributed by atoms with E-state index in [1.807, 2.05) is 59.3 Å². The van der Waals surface area contributed by atoms with E-state index in [4.69, 9.17) is 19.8 Å². The Morgan fingerprint density at radius 2 is 1.37 bits per heavy atom. The highest BCUT2D eigenvalue weighted by atomic mass is 16.6. The second-order valence-electron chi connectivity index (χ2n) is 10.6. The normalized spacial score (nSPS) is 11.9. The van der Waals surface area contributed by atoms with Gasteiger partial charge in [0.05, 0.1) is 5.52 Å². The maximum atomic E-state index is 12.4. The first-order valence-corrected chi connectivity index (χ1v) is 13.3. The number of benzene rings is 3. The molecular weight excluding hydrogens is 514 g/mol. The standard InChI is InChI=1S/C32H29N7O2/c1-31(2,3)41-30(40)38-29-36-25-19-20-33-27(26(25)37-29)28-34-21-35-39(28)32(22-13-7-4-8-14-22,23-15-9-5-10-16-23)24-17-11-6-12-18-24/h4-21H,1-3H3,(H2,36,37,38,40). The Kier molecular flexibility index (Phi) is 6.55. The summed E-state index contributed by atoms with van der Waals surface area (Å²) in [7, 11) is 0. The monoisotopic (exact) mass is 543 g/mol. The second-order valence-corrected chi connectivity index (χ2v) is 10.6. The van der Waals surface area contributed by atoms with Gasteiger partial charge in [-0.3, -0.25) is 10.3 Å². The minimum absolute atomic E-state index is 0.245. The summed E-state index contributed by atoms with van der Waals surface area (Å²) < 4.78 is 7.31. The molecule has 6 rings (SSSR count). The molecule has 0 atom stereocenters. The number of H-pyrrole nitrogens is 1. The Labute approximate surface area is 237 Å².